The lowest BCUT2D eigenvalue weighted by atomic mass is 9.79. The average Bonchev–Trinajstić information content (AvgIpc) is 2.58. The van der Waals surface area contributed by atoms with Crippen molar-refractivity contribution in [1.82, 2.24) is 0 Å². The molecular formula is C21H27N. The molecule has 2 rings (SSSR count). The number of hydrogen-bond acceptors (Lipinski definition) is 1. The van der Waals surface area contributed by atoms with Crippen LogP contribution in [0.15, 0.2) is 24.3 Å². The summed E-state index contributed by atoms with van der Waals surface area (Å²) < 4.78 is 0. The summed E-state index contributed by atoms with van der Waals surface area (Å²) in [6.45, 7) is 2.26. The molecule has 0 N–H and O–H groups in total. The van der Waals surface area contributed by atoms with Crippen LogP contribution in [0.3, 0.4) is 0 Å². The second-order valence-electron chi connectivity index (χ2n) is 6.48. The summed E-state index contributed by atoms with van der Waals surface area (Å²) in [5.41, 5.74) is 2.97. The van der Waals surface area contributed by atoms with Crippen molar-refractivity contribution >= 4 is 0 Å². The van der Waals surface area contributed by atoms with E-state index in [-0.39, 0.29) is 0 Å². The predicted molar refractivity (Wildman–Crippen MR) is 92.4 cm³/mol. The highest BCUT2D eigenvalue weighted by Crippen LogP contribution is 2.35. The molecule has 1 aromatic carbocycles. The molecule has 0 atom stereocenters. The summed E-state index contributed by atoms with van der Waals surface area (Å²) in [5.74, 6) is 6.77. The molecule has 1 aliphatic carbocycles. The second kappa shape index (κ2) is 9.32. The third-order valence-electron chi connectivity index (χ3n) is 4.83. The van der Waals surface area contributed by atoms with Crippen LogP contribution in [-0.2, 0) is 6.42 Å². The molecule has 0 bridgehead atoms. The summed E-state index contributed by atoms with van der Waals surface area (Å²) in [4.78, 5) is 0. The number of rotatable bonds is 6. The summed E-state index contributed by atoms with van der Waals surface area (Å²) in [6, 6.07) is 11.2. The van der Waals surface area contributed by atoms with Gasteiger partial charge in [0.2, 0.25) is 0 Å². The van der Waals surface area contributed by atoms with Gasteiger partial charge in [-0.2, -0.15) is 5.26 Å². The zero-order valence-electron chi connectivity index (χ0n) is 13.8. The summed E-state index contributed by atoms with van der Waals surface area (Å²) in [5, 5.41) is 8.52. The van der Waals surface area contributed by atoms with E-state index in [4.69, 9.17) is 5.26 Å². The molecule has 1 aliphatic rings. The van der Waals surface area contributed by atoms with Crippen molar-refractivity contribution < 1.29 is 0 Å². The van der Waals surface area contributed by atoms with Crippen LogP contribution >= 0.6 is 0 Å². The molecule has 1 fully saturated rings. The minimum atomic E-state index is 0.439. The fourth-order valence-corrected chi connectivity index (χ4v) is 3.42. The largest absolute Gasteiger partial charge is 0.183 e. The van der Waals surface area contributed by atoms with Crippen LogP contribution in [0.25, 0.3) is 0 Å². The Labute approximate surface area is 135 Å². The van der Waals surface area contributed by atoms with Crippen LogP contribution in [0.5, 0.6) is 0 Å². The highest BCUT2D eigenvalue weighted by atomic mass is 14.3. The monoisotopic (exact) mass is 293 g/mol. The maximum absolute atomic E-state index is 8.52. The Hall–Kier alpha value is -1.73. The third kappa shape index (κ3) is 5.23. The lowest BCUT2D eigenvalue weighted by Crippen LogP contribution is -2.12. The van der Waals surface area contributed by atoms with Crippen molar-refractivity contribution in [3.05, 3.63) is 35.4 Å². The van der Waals surface area contributed by atoms with Gasteiger partial charge in [0.1, 0.15) is 0 Å². The molecule has 0 aliphatic heterocycles. The number of hydrogen-bond donors (Lipinski definition) is 0. The highest BCUT2D eigenvalue weighted by Gasteiger charge is 2.21. The Morgan fingerprint density at radius 1 is 1.00 bits per heavy atom. The van der Waals surface area contributed by atoms with Crippen LogP contribution in [0, 0.1) is 29.1 Å². The third-order valence-corrected chi connectivity index (χ3v) is 4.83. The Morgan fingerprint density at radius 2 is 1.73 bits per heavy atom. The number of nitrogens with zero attached hydrogens (tertiary/aromatic N) is 1. The summed E-state index contributed by atoms with van der Waals surface area (Å²) in [6.07, 6.45) is 11.2. The smallest absolute Gasteiger partial charge is 0.152 e. The first kappa shape index (κ1) is 16.6. The quantitative estimate of drug-likeness (QED) is 0.494. The molecule has 116 valence electrons. The van der Waals surface area contributed by atoms with E-state index in [2.05, 4.69) is 43.0 Å². The van der Waals surface area contributed by atoms with Crippen molar-refractivity contribution in [2.75, 3.05) is 0 Å². The predicted octanol–water partition coefficient (Wildman–Crippen LogP) is 5.61. The molecule has 0 spiro atoms. The Balaban J connectivity index is 1.80. The van der Waals surface area contributed by atoms with Crippen molar-refractivity contribution in [3.63, 3.8) is 0 Å². The zero-order valence-corrected chi connectivity index (χ0v) is 13.8. The number of aryl methyl sites for hydroxylation is 1. The van der Waals surface area contributed by atoms with Gasteiger partial charge in [-0.1, -0.05) is 56.4 Å². The van der Waals surface area contributed by atoms with E-state index in [1.807, 2.05) is 6.07 Å². The van der Waals surface area contributed by atoms with E-state index in [0.717, 1.165) is 12.8 Å². The minimum absolute atomic E-state index is 0.439. The normalized spacial score (nSPS) is 20.7. The lowest BCUT2D eigenvalue weighted by Gasteiger charge is -2.26. The van der Waals surface area contributed by atoms with Crippen molar-refractivity contribution in [2.45, 2.75) is 70.6 Å². The average molecular weight is 293 g/mol. The molecule has 1 heteroatoms. The van der Waals surface area contributed by atoms with Crippen LogP contribution in [0.1, 0.15) is 75.3 Å². The molecule has 1 aromatic rings. The van der Waals surface area contributed by atoms with Crippen molar-refractivity contribution in [2.24, 2.45) is 5.92 Å². The van der Waals surface area contributed by atoms with Gasteiger partial charge >= 0.3 is 0 Å². The second-order valence-corrected chi connectivity index (χ2v) is 6.48. The molecule has 0 heterocycles. The maximum atomic E-state index is 8.52. The van der Waals surface area contributed by atoms with Gasteiger partial charge in [0.15, 0.2) is 6.07 Å². The van der Waals surface area contributed by atoms with E-state index in [0.29, 0.717) is 11.8 Å². The van der Waals surface area contributed by atoms with Gasteiger partial charge in [0.05, 0.1) is 0 Å². The molecule has 0 saturated heterocycles. The fourth-order valence-electron chi connectivity index (χ4n) is 3.42. The Bertz CT molecular complexity index is 530. The summed E-state index contributed by atoms with van der Waals surface area (Å²) in [7, 11) is 0. The van der Waals surface area contributed by atoms with Crippen LogP contribution < -0.4 is 0 Å². The first-order valence-electron chi connectivity index (χ1n) is 8.82. The molecule has 1 saturated carbocycles. The molecule has 0 aromatic heterocycles. The molecule has 0 unspecified atom stereocenters. The SMILES string of the molecule is CCCCCCc1ccc(C2CCC(C#CC#N)CC2)cc1. The van der Waals surface area contributed by atoms with Gasteiger partial charge in [0, 0.05) is 11.8 Å². The Kier molecular flexibility index (Phi) is 7.05. The topological polar surface area (TPSA) is 23.8 Å². The van der Waals surface area contributed by atoms with Crippen LogP contribution in [0.4, 0.5) is 0 Å². The fraction of sp³-hybridized carbons (Fsp3) is 0.571. The number of unbranched alkanes of at least 4 members (excludes halogenated alkanes) is 3. The molecule has 0 amide bonds. The van der Waals surface area contributed by atoms with Crippen molar-refractivity contribution in [3.8, 4) is 17.9 Å². The van der Waals surface area contributed by atoms with E-state index in [1.54, 1.807) is 0 Å². The molecule has 1 nitrogen and oxygen atoms in total. The highest BCUT2D eigenvalue weighted by molar-refractivity contribution is 5.26. The molecular weight excluding hydrogens is 266 g/mol. The molecule has 22 heavy (non-hydrogen) atoms. The van der Waals surface area contributed by atoms with Gasteiger partial charge in [-0.25, -0.2) is 0 Å². The summed E-state index contributed by atoms with van der Waals surface area (Å²) >= 11 is 0. The first-order chi connectivity index (χ1) is 10.8. The van der Waals surface area contributed by atoms with Gasteiger partial charge < -0.3 is 0 Å². The zero-order chi connectivity index (χ0) is 15.6. The number of benzene rings is 1. The van der Waals surface area contributed by atoms with E-state index in [9.17, 15) is 0 Å². The molecule has 0 radical (unpaired) electrons. The first-order valence-corrected chi connectivity index (χ1v) is 8.82. The van der Waals surface area contributed by atoms with Gasteiger partial charge in [-0.3, -0.25) is 0 Å². The Morgan fingerprint density at radius 3 is 2.36 bits per heavy atom. The lowest BCUT2D eigenvalue weighted by molar-refractivity contribution is 0.384. The van der Waals surface area contributed by atoms with Crippen LogP contribution in [0.2, 0.25) is 0 Å². The van der Waals surface area contributed by atoms with Gasteiger partial charge in [0.25, 0.3) is 0 Å². The minimum Gasteiger partial charge on any atom is -0.183 e. The van der Waals surface area contributed by atoms with Crippen molar-refractivity contribution in [1.29, 1.82) is 5.26 Å². The van der Waals surface area contributed by atoms with E-state index >= 15 is 0 Å². The van der Waals surface area contributed by atoms with E-state index < -0.39 is 0 Å². The van der Waals surface area contributed by atoms with E-state index in [1.165, 1.54) is 56.1 Å². The van der Waals surface area contributed by atoms with Gasteiger partial charge in [-0.15, -0.1) is 0 Å². The standard InChI is InChI=1S/C21H27N/c1-2-3-4-5-7-18-9-13-20(14-10-18)21-15-11-19(12-16-21)8-6-17-22/h9-10,13-14,19,21H,2-5,7,11-12,15-16H2,1H3. The van der Waals surface area contributed by atoms with Crippen LogP contribution in [-0.4, -0.2) is 0 Å². The number of nitriles is 1. The van der Waals surface area contributed by atoms with Gasteiger partial charge in [-0.05, 0) is 55.6 Å². The maximum Gasteiger partial charge on any atom is 0.152 e.